The number of nitrogens with two attached hydrogens (primary N) is 1. The lowest BCUT2D eigenvalue weighted by Crippen LogP contribution is -2.12. The number of halogens is 1. The van der Waals surface area contributed by atoms with E-state index in [1.54, 1.807) is 13.0 Å². The summed E-state index contributed by atoms with van der Waals surface area (Å²) in [5.41, 5.74) is 8.79. The molecular weight excluding hydrogens is 249 g/mol. The van der Waals surface area contributed by atoms with Gasteiger partial charge in [0.05, 0.1) is 6.04 Å². The lowest BCUT2D eigenvalue weighted by molar-refractivity contribution is 0.614. The van der Waals surface area contributed by atoms with E-state index >= 15 is 0 Å². The standard InChI is InChI=1S/C18H16FN/c1-12-9-10-14(11-17(12)19)18(20)16-8-4-6-13-5-2-3-7-15(13)16/h2-11,18H,20H2,1H3. The third-order valence-electron chi connectivity index (χ3n) is 3.71. The SMILES string of the molecule is Cc1ccc(C(N)c2cccc3ccccc23)cc1F. The summed E-state index contributed by atoms with van der Waals surface area (Å²) < 4.78 is 13.7. The largest absolute Gasteiger partial charge is 0.320 e. The predicted molar refractivity (Wildman–Crippen MR) is 81.1 cm³/mol. The topological polar surface area (TPSA) is 26.0 Å². The van der Waals surface area contributed by atoms with Crippen molar-refractivity contribution in [1.82, 2.24) is 0 Å². The minimum absolute atomic E-state index is 0.210. The van der Waals surface area contributed by atoms with Crippen LogP contribution in [0.3, 0.4) is 0 Å². The zero-order valence-corrected chi connectivity index (χ0v) is 11.3. The summed E-state index contributed by atoms with van der Waals surface area (Å²) in [4.78, 5) is 0. The van der Waals surface area contributed by atoms with E-state index in [0.29, 0.717) is 5.56 Å². The number of rotatable bonds is 2. The van der Waals surface area contributed by atoms with Gasteiger partial charge < -0.3 is 5.73 Å². The molecule has 1 atom stereocenters. The highest BCUT2D eigenvalue weighted by Crippen LogP contribution is 2.28. The molecule has 1 nitrogen and oxygen atoms in total. The van der Waals surface area contributed by atoms with Gasteiger partial charge in [-0.3, -0.25) is 0 Å². The summed E-state index contributed by atoms with van der Waals surface area (Å²) in [6, 6.07) is 19.0. The maximum atomic E-state index is 13.7. The molecule has 100 valence electrons. The summed E-state index contributed by atoms with van der Waals surface area (Å²) in [6.07, 6.45) is 0. The highest BCUT2D eigenvalue weighted by Gasteiger charge is 2.13. The number of benzene rings is 3. The van der Waals surface area contributed by atoms with Gasteiger partial charge in [0, 0.05) is 0 Å². The smallest absolute Gasteiger partial charge is 0.126 e. The minimum Gasteiger partial charge on any atom is -0.320 e. The maximum Gasteiger partial charge on any atom is 0.126 e. The Balaban J connectivity index is 2.12. The van der Waals surface area contributed by atoms with E-state index in [1.165, 1.54) is 6.07 Å². The molecule has 0 spiro atoms. The molecule has 1 unspecified atom stereocenters. The van der Waals surface area contributed by atoms with Crippen LogP contribution in [0.5, 0.6) is 0 Å². The molecule has 0 heterocycles. The van der Waals surface area contributed by atoms with Crippen molar-refractivity contribution >= 4 is 10.8 Å². The lowest BCUT2D eigenvalue weighted by Gasteiger charge is -2.16. The maximum absolute atomic E-state index is 13.7. The molecule has 0 radical (unpaired) electrons. The number of fused-ring (bicyclic) bond motifs is 1. The molecule has 0 aromatic heterocycles. The average molecular weight is 265 g/mol. The van der Waals surface area contributed by atoms with Crippen molar-refractivity contribution in [1.29, 1.82) is 0 Å². The van der Waals surface area contributed by atoms with E-state index in [9.17, 15) is 4.39 Å². The van der Waals surface area contributed by atoms with Crippen LogP contribution in [0.4, 0.5) is 4.39 Å². The molecule has 3 aromatic rings. The van der Waals surface area contributed by atoms with Gasteiger partial charge in [-0.1, -0.05) is 54.6 Å². The van der Waals surface area contributed by atoms with Crippen molar-refractivity contribution in [3.05, 3.63) is 83.2 Å². The van der Waals surface area contributed by atoms with Gasteiger partial charge in [-0.05, 0) is 40.5 Å². The number of hydrogen-bond donors (Lipinski definition) is 1. The van der Waals surface area contributed by atoms with Crippen LogP contribution in [0.15, 0.2) is 60.7 Å². The molecule has 20 heavy (non-hydrogen) atoms. The second kappa shape index (κ2) is 5.06. The van der Waals surface area contributed by atoms with Crippen LogP contribution in [0.25, 0.3) is 10.8 Å². The lowest BCUT2D eigenvalue weighted by atomic mass is 9.94. The number of hydrogen-bond acceptors (Lipinski definition) is 1. The van der Waals surface area contributed by atoms with Gasteiger partial charge in [0.2, 0.25) is 0 Å². The van der Waals surface area contributed by atoms with Gasteiger partial charge >= 0.3 is 0 Å². The molecule has 3 aromatic carbocycles. The van der Waals surface area contributed by atoms with Crippen molar-refractivity contribution in [3.63, 3.8) is 0 Å². The van der Waals surface area contributed by atoms with E-state index in [-0.39, 0.29) is 11.9 Å². The zero-order valence-electron chi connectivity index (χ0n) is 11.3. The molecule has 2 N–H and O–H groups in total. The minimum atomic E-state index is -0.323. The van der Waals surface area contributed by atoms with Gasteiger partial charge in [-0.15, -0.1) is 0 Å². The fraction of sp³-hybridized carbons (Fsp3) is 0.111. The Morgan fingerprint density at radius 1 is 0.950 bits per heavy atom. The van der Waals surface area contributed by atoms with Crippen molar-refractivity contribution in [2.24, 2.45) is 5.73 Å². The van der Waals surface area contributed by atoms with Gasteiger partial charge in [-0.25, -0.2) is 4.39 Å². The summed E-state index contributed by atoms with van der Waals surface area (Å²) in [5.74, 6) is -0.210. The van der Waals surface area contributed by atoms with Gasteiger partial charge in [0.25, 0.3) is 0 Å². The summed E-state index contributed by atoms with van der Waals surface area (Å²) >= 11 is 0. The molecule has 0 amide bonds. The second-order valence-corrected chi connectivity index (χ2v) is 5.05. The molecule has 0 fully saturated rings. The van der Waals surface area contributed by atoms with E-state index in [0.717, 1.165) is 21.9 Å². The molecule has 0 aliphatic heterocycles. The Hall–Kier alpha value is -2.19. The van der Waals surface area contributed by atoms with Crippen LogP contribution in [0, 0.1) is 12.7 Å². The Morgan fingerprint density at radius 3 is 2.50 bits per heavy atom. The van der Waals surface area contributed by atoms with E-state index < -0.39 is 0 Å². The zero-order chi connectivity index (χ0) is 14.1. The molecular formula is C18H16FN. The van der Waals surface area contributed by atoms with E-state index in [4.69, 9.17) is 5.73 Å². The average Bonchev–Trinajstić information content (AvgIpc) is 2.49. The molecule has 0 aliphatic rings. The molecule has 0 aliphatic carbocycles. The fourth-order valence-electron chi connectivity index (χ4n) is 2.50. The normalized spacial score (nSPS) is 12.6. The Morgan fingerprint density at radius 2 is 1.70 bits per heavy atom. The predicted octanol–water partition coefficient (Wildman–Crippen LogP) is 4.34. The van der Waals surface area contributed by atoms with Crippen molar-refractivity contribution in [2.45, 2.75) is 13.0 Å². The monoisotopic (exact) mass is 265 g/mol. The Bertz CT molecular complexity index is 759. The summed E-state index contributed by atoms with van der Waals surface area (Å²) in [7, 11) is 0. The van der Waals surface area contributed by atoms with Gasteiger partial charge in [0.15, 0.2) is 0 Å². The highest BCUT2D eigenvalue weighted by molar-refractivity contribution is 5.86. The van der Waals surface area contributed by atoms with Crippen LogP contribution >= 0.6 is 0 Å². The Kier molecular flexibility index (Phi) is 3.25. The van der Waals surface area contributed by atoms with Crippen LogP contribution in [0.1, 0.15) is 22.7 Å². The first-order chi connectivity index (χ1) is 9.66. The first-order valence-electron chi connectivity index (χ1n) is 6.66. The van der Waals surface area contributed by atoms with Gasteiger partial charge in [-0.2, -0.15) is 0 Å². The first kappa shape index (κ1) is 12.8. The van der Waals surface area contributed by atoms with Crippen LogP contribution in [-0.2, 0) is 0 Å². The Labute approximate surface area is 117 Å². The third kappa shape index (κ3) is 2.19. The fourth-order valence-corrected chi connectivity index (χ4v) is 2.50. The van der Waals surface area contributed by atoms with Gasteiger partial charge in [0.1, 0.15) is 5.82 Å². The molecule has 0 saturated carbocycles. The molecule has 3 rings (SSSR count). The van der Waals surface area contributed by atoms with Crippen molar-refractivity contribution < 1.29 is 4.39 Å². The summed E-state index contributed by atoms with van der Waals surface area (Å²) in [6.45, 7) is 1.75. The van der Waals surface area contributed by atoms with Crippen LogP contribution in [-0.4, -0.2) is 0 Å². The quantitative estimate of drug-likeness (QED) is 0.733. The first-order valence-corrected chi connectivity index (χ1v) is 6.66. The van der Waals surface area contributed by atoms with Crippen molar-refractivity contribution in [2.75, 3.05) is 0 Å². The third-order valence-corrected chi connectivity index (χ3v) is 3.71. The number of aryl methyl sites for hydroxylation is 1. The van der Waals surface area contributed by atoms with E-state index in [2.05, 4.69) is 18.2 Å². The van der Waals surface area contributed by atoms with E-state index in [1.807, 2.05) is 30.3 Å². The molecule has 0 saturated heterocycles. The summed E-state index contributed by atoms with van der Waals surface area (Å²) in [5, 5.41) is 2.26. The highest BCUT2D eigenvalue weighted by atomic mass is 19.1. The van der Waals surface area contributed by atoms with Crippen LogP contribution < -0.4 is 5.73 Å². The molecule has 2 heteroatoms. The van der Waals surface area contributed by atoms with Crippen molar-refractivity contribution in [3.8, 4) is 0 Å². The van der Waals surface area contributed by atoms with Crippen LogP contribution in [0.2, 0.25) is 0 Å². The molecule has 0 bridgehead atoms. The second-order valence-electron chi connectivity index (χ2n) is 5.05.